The fourth-order valence-corrected chi connectivity index (χ4v) is 2.93. The molecule has 0 aromatic rings. The minimum atomic E-state index is 0.727. The lowest BCUT2D eigenvalue weighted by atomic mass is 9.96. The monoisotopic (exact) mass is 160 g/mol. The fraction of sp³-hybridized carbons (Fsp3) is 0.857. The minimum Gasteiger partial charge on any atom is -0.119 e. The summed E-state index contributed by atoms with van der Waals surface area (Å²) in [6.07, 6.45) is 1.31. The number of thiocarbonyl (C=S) groups is 1. The Balaban J connectivity index is 2.49. The maximum absolute atomic E-state index is 5.18. The Bertz CT molecular complexity index is 118. The second-order valence-corrected chi connectivity index (χ2v) is 4.64. The van der Waals surface area contributed by atoms with Crippen LogP contribution in [0.3, 0.4) is 0 Å². The fourth-order valence-electron chi connectivity index (χ4n) is 1.12. The smallest absolute Gasteiger partial charge is 0.0512 e. The van der Waals surface area contributed by atoms with Gasteiger partial charge < -0.3 is 0 Å². The molecule has 1 saturated heterocycles. The van der Waals surface area contributed by atoms with Crippen LogP contribution in [0.2, 0.25) is 0 Å². The van der Waals surface area contributed by atoms with E-state index in [1.807, 2.05) is 11.8 Å². The van der Waals surface area contributed by atoms with Gasteiger partial charge in [-0.3, -0.25) is 0 Å². The lowest BCUT2D eigenvalue weighted by molar-refractivity contribution is 0.500. The Labute approximate surface area is 66.4 Å². The van der Waals surface area contributed by atoms with Gasteiger partial charge in [0.25, 0.3) is 0 Å². The molecule has 0 nitrogen and oxygen atoms in total. The second-order valence-electron chi connectivity index (χ2n) is 2.81. The Morgan fingerprint density at radius 3 is 2.56 bits per heavy atom. The van der Waals surface area contributed by atoms with E-state index in [1.54, 1.807) is 0 Å². The first-order valence-corrected chi connectivity index (χ1v) is 4.78. The highest BCUT2D eigenvalue weighted by molar-refractivity contribution is 8.23. The van der Waals surface area contributed by atoms with Gasteiger partial charge in [0.2, 0.25) is 0 Å². The van der Waals surface area contributed by atoms with E-state index < -0.39 is 0 Å². The highest BCUT2D eigenvalue weighted by Crippen LogP contribution is 2.32. The molecule has 0 radical (unpaired) electrons. The van der Waals surface area contributed by atoms with E-state index >= 15 is 0 Å². The molecule has 1 aliphatic heterocycles. The van der Waals surface area contributed by atoms with E-state index in [0.717, 1.165) is 11.8 Å². The number of hydrogen-bond acceptors (Lipinski definition) is 2. The minimum absolute atomic E-state index is 0.727. The van der Waals surface area contributed by atoms with Crippen molar-refractivity contribution < 1.29 is 0 Å². The van der Waals surface area contributed by atoms with Gasteiger partial charge in [-0.2, -0.15) is 0 Å². The van der Waals surface area contributed by atoms with Crippen molar-refractivity contribution in [3.8, 4) is 0 Å². The zero-order valence-electron chi connectivity index (χ0n) is 5.89. The summed E-state index contributed by atoms with van der Waals surface area (Å²) in [7, 11) is 0. The molecule has 0 amide bonds. The van der Waals surface area contributed by atoms with Crippen molar-refractivity contribution in [1.29, 1.82) is 0 Å². The molecule has 0 aromatic carbocycles. The van der Waals surface area contributed by atoms with E-state index in [4.69, 9.17) is 12.2 Å². The van der Waals surface area contributed by atoms with Gasteiger partial charge in [0, 0.05) is 5.92 Å². The third kappa shape index (κ3) is 1.68. The van der Waals surface area contributed by atoms with Crippen molar-refractivity contribution in [2.24, 2.45) is 11.8 Å². The van der Waals surface area contributed by atoms with Crippen molar-refractivity contribution in [1.82, 2.24) is 0 Å². The van der Waals surface area contributed by atoms with Crippen LogP contribution in [-0.4, -0.2) is 9.95 Å². The van der Waals surface area contributed by atoms with Gasteiger partial charge in [-0.25, -0.2) is 0 Å². The van der Waals surface area contributed by atoms with E-state index in [-0.39, 0.29) is 0 Å². The molecule has 1 aliphatic rings. The van der Waals surface area contributed by atoms with E-state index in [0.29, 0.717) is 0 Å². The van der Waals surface area contributed by atoms with Crippen LogP contribution < -0.4 is 0 Å². The summed E-state index contributed by atoms with van der Waals surface area (Å²) < 4.78 is 1.24. The summed E-state index contributed by atoms with van der Waals surface area (Å²) in [6, 6.07) is 0. The highest BCUT2D eigenvalue weighted by Gasteiger charge is 2.23. The van der Waals surface area contributed by atoms with Crippen LogP contribution in [0.25, 0.3) is 0 Å². The van der Waals surface area contributed by atoms with Crippen LogP contribution in [0, 0.1) is 11.8 Å². The topological polar surface area (TPSA) is 0 Å². The molecule has 0 aromatic heterocycles. The van der Waals surface area contributed by atoms with Crippen LogP contribution in [0.5, 0.6) is 0 Å². The van der Waals surface area contributed by atoms with Crippen LogP contribution in [0.4, 0.5) is 0 Å². The lowest BCUT2D eigenvalue weighted by Crippen LogP contribution is -2.09. The Morgan fingerprint density at radius 1 is 1.67 bits per heavy atom. The first kappa shape index (κ1) is 7.55. The van der Waals surface area contributed by atoms with Crippen molar-refractivity contribution in [2.75, 3.05) is 5.75 Å². The molecule has 0 N–H and O–H groups in total. The molecular weight excluding hydrogens is 148 g/mol. The van der Waals surface area contributed by atoms with Crippen LogP contribution in [-0.2, 0) is 0 Å². The standard InChI is InChI=1S/C7H12S2/c1-5(2)6-3-4-9-7(6)8/h5-6H,3-4H2,1-2H3. The van der Waals surface area contributed by atoms with Gasteiger partial charge in [-0.05, 0) is 18.1 Å². The number of thioether (sulfide) groups is 1. The molecule has 1 heterocycles. The van der Waals surface area contributed by atoms with Crippen molar-refractivity contribution in [3.63, 3.8) is 0 Å². The first-order valence-electron chi connectivity index (χ1n) is 3.38. The van der Waals surface area contributed by atoms with E-state index in [2.05, 4.69) is 13.8 Å². The average molecular weight is 160 g/mol. The maximum atomic E-state index is 5.18. The average Bonchev–Trinajstić information content (AvgIpc) is 2.13. The van der Waals surface area contributed by atoms with Crippen molar-refractivity contribution in [2.45, 2.75) is 20.3 Å². The molecule has 52 valence electrons. The molecule has 2 heteroatoms. The molecule has 9 heavy (non-hydrogen) atoms. The third-order valence-corrected chi connectivity index (χ3v) is 3.46. The lowest BCUT2D eigenvalue weighted by Gasteiger charge is -2.11. The highest BCUT2D eigenvalue weighted by atomic mass is 32.2. The summed E-state index contributed by atoms with van der Waals surface area (Å²) in [5.74, 6) is 2.74. The summed E-state index contributed by atoms with van der Waals surface area (Å²) in [6.45, 7) is 4.51. The predicted molar refractivity (Wildman–Crippen MR) is 48.0 cm³/mol. The summed E-state index contributed by atoms with van der Waals surface area (Å²) in [5, 5.41) is 0. The Kier molecular flexibility index (Phi) is 2.53. The summed E-state index contributed by atoms with van der Waals surface area (Å²) >= 11 is 7.04. The van der Waals surface area contributed by atoms with Gasteiger partial charge in [0.1, 0.15) is 0 Å². The Morgan fingerprint density at radius 2 is 2.33 bits per heavy atom. The van der Waals surface area contributed by atoms with Crippen LogP contribution in [0.1, 0.15) is 20.3 Å². The molecule has 0 saturated carbocycles. The molecule has 1 unspecified atom stereocenters. The molecule has 1 atom stereocenters. The normalized spacial score (nSPS) is 27.9. The van der Waals surface area contributed by atoms with Crippen LogP contribution in [0.15, 0.2) is 0 Å². The number of rotatable bonds is 1. The first-order chi connectivity index (χ1) is 4.22. The quantitative estimate of drug-likeness (QED) is 0.541. The van der Waals surface area contributed by atoms with Gasteiger partial charge in [0.15, 0.2) is 0 Å². The Hall–Kier alpha value is 0.440. The van der Waals surface area contributed by atoms with Crippen molar-refractivity contribution >= 4 is 28.2 Å². The van der Waals surface area contributed by atoms with Gasteiger partial charge in [-0.1, -0.05) is 26.1 Å². The second kappa shape index (κ2) is 3.02. The number of hydrogen-bond donors (Lipinski definition) is 0. The summed E-state index contributed by atoms with van der Waals surface area (Å²) in [4.78, 5) is 0. The van der Waals surface area contributed by atoms with Crippen LogP contribution >= 0.6 is 24.0 Å². The molecule has 0 bridgehead atoms. The molecule has 1 rings (SSSR count). The summed E-state index contributed by atoms with van der Waals surface area (Å²) in [5.41, 5.74) is 0. The molecule has 1 fully saturated rings. The molecule has 0 aliphatic carbocycles. The van der Waals surface area contributed by atoms with E-state index in [1.165, 1.54) is 16.4 Å². The third-order valence-electron chi connectivity index (χ3n) is 1.78. The SMILES string of the molecule is CC(C)C1CCSC1=S. The zero-order valence-corrected chi connectivity index (χ0v) is 7.52. The van der Waals surface area contributed by atoms with Gasteiger partial charge in [0.05, 0.1) is 4.20 Å². The van der Waals surface area contributed by atoms with Gasteiger partial charge in [-0.15, -0.1) is 11.8 Å². The van der Waals surface area contributed by atoms with Crippen molar-refractivity contribution in [3.05, 3.63) is 0 Å². The predicted octanol–water partition coefficient (Wildman–Crippen LogP) is 2.72. The maximum Gasteiger partial charge on any atom is 0.0512 e. The zero-order chi connectivity index (χ0) is 6.85. The van der Waals surface area contributed by atoms with Gasteiger partial charge >= 0.3 is 0 Å². The molecular formula is C7H12S2. The largest absolute Gasteiger partial charge is 0.119 e. The molecule has 0 spiro atoms. The van der Waals surface area contributed by atoms with E-state index in [9.17, 15) is 0 Å².